The molecule has 0 spiro atoms. The number of benzene rings is 3. The quantitative estimate of drug-likeness (QED) is 0.563. The van der Waals surface area contributed by atoms with E-state index in [1.54, 1.807) is 0 Å². The third-order valence-electron chi connectivity index (χ3n) is 6.08. The molecule has 1 N–H and O–H groups in total. The van der Waals surface area contributed by atoms with Crippen molar-refractivity contribution >= 4 is 11.8 Å². The summed E-state index contributed by atoms with van der Waals surface area (Å²) in [6, 6.07) is 23.0. The molecule has 2 amide bonds. The van der Waals surface area contributed by atoms with Crippen molar-refractivity contribution in [2.75, 3.05) is 26.2 Å². The van der Waals surface area contributed by atoms with Crippen molar-refractivity contribution in [3.05, 3.63) is 107 Å². The fourth-order valence-corrected chi connectivity index (χ4v) is 4.24. The first kappa shape index (κ1) is 24.5. The lowest BCUT2D eigenvalue weighted by Crippen LogP contribution is -2.52. The summed E-state index contributed by atoms with van der Waals surface area (Å²) in [4.78, 5) is 29.7. The van der Waals surface area contributed by atoms with Gasteiger partial charge in [0.1, 0.15) is 6.04 Å². The topological polar surface area (TPSA) is 52.7 Å². The van der Waals surface area contributed by atoms with Gasteiger partial charge in [-0.3, -0.25) is 14.5 Å². The van der Waals surface area contributed by atoms with Crippen molar-refractivity contribution < 1.29 is 22.8 Å². The average Bonchev–Trinajstić information content (AvgIpc) is 2.88. The van der Waals surface area contributed by atoms with Crippen LogP contribution in [0.1, 0.15) is 33.1 Å². The van der Waals surface area contributed by atoms with Gasteiger partial charge in [-0.15, -0.1) is 0 Å². The van der Waals surface area contributed by atoms with E-state index >= 15 is 0 Å². The van der Waals surface area contributed by atoms with Gasteiger partial charge in [0.25, 0.3) is 5.91 Å². The molecule has 0 radical (unpaired) electrons. The first-order valence-electron chi connectivity index (χ1n) is 11.4. The fourth-order valence-electron chi connectivity index (χ4n) is 4.24. The number of halogens is 3. The molecule has 1 aliphatic rings. The summed E-state index contributed by atoms with van der Waals surface area (Å²) in [7, 11) is 0. The Kier molecular flexibility index (Phi) is 7.51. The van der Waals surface area contributed by atoms with Gasteiger partial charge >= 0.3 is 6.18 Å². The number of alkyl halides is 3. The van der Waals surface area contributed by atoms with Crippen LogP contribution in [-0.4, -0.2) is 47.8 Å². The first-order valence-corrected chi connectivity index (χ1v) is 11.4. The highest BCUT2D eigenvalue weighted by molar-refractivity contribution is 5.94. The summed E-state index contributed by atoms with van der Waals surface area (Å²) < 4.78 is 39.2. The molecule has 3 aromatic carbocycles. The van der Waals surface area contributed by atoms with E-state index in [-0.39, 0.29) is 11.5 Å². The number of piperazine rings is 1. The maximum absolute atomic E-state index is 13.2. The zero-order chi connectivity index (χ0) is 24.8. The normalized spacial score (nSPS) is 15.5. The van der Waals surface area contributed by atoms with Gasteiger partial charge in [0, 0.05) is 38.3 Å². The van der Waals surface area contributed by atoms with Crippen LogP contribution in [0.4, 0.5) is 13.2 Å². The van der Waals surface area contributed by atoms with Gasteiger partial charge in [-0.2, -0.15) is 13.2 Å². The zero-order valence-corrected chi connectivity index (χ0v) is 19.0. The van der Waals surface area contributed by atoms with Gasteiger partial charge in [-0.25, -0.2) is 0 Å². The minimum Gasteiger partial charge on any atom is -0.350 e. The Labute approximate surface area is 202 Å². The highest BCUT2D eigenvalue weighted by Gasteiger charge is 2.33. The molecule has 0 unspecified atom stereocenters. The fraction of sp³-hybridized carbons (Fsp3) is 0.259. The number of nitrogens with zero attached hydrogens (tertiary/aromatic N) is 2. The maximum Gasteiger partial charge on any atom is 0.416 e. The van der Waals surface area contributed by atoms with Crippen LogP contribution in [-0.2, 0) is 17.5 Å². The Balaban J connectivity index is 1.44. The molecular formula is C27H26F3N3O2. The maximum atomic E-state index is 13.2. The second-order valence-corrected chi connectivity index (χ2v) is 8.42. The number of hydrogen-bond donors (Lipinski definition) is 1. The van der Waals surface area contributed by atoms with Gasteiger partial charge in [0.05, 0.1) is 5.56 Å². The van der Waals surface area contributed by atoms with E-state index in [0.29, 0.717) is 32.7 Å². The molecule has 4 rings (SSSR count). The first-order chi connectivity index (χ1) is 16.8. The SMILES string of the molecule is O=C(NCc1ccccc1)[C@@H](c1ccccc1)N1CCN(C(=O)c2cccc(C(F)(F)F)c2)CC1. The lowest BCUT2D eigenvalue weighted by atomic mass is 10.0. The van der Waals surface area contributed by atoms with Crippen LogP contribution in [0.15, 0.2) is 84.9 Å². The second kappa shape index (κ2) is 10.7. The third-order valence-corrected chi connectivity index (χ3v) is 6.08. The van der Waals surface area contributed by atoms with Crippen molar-refractivity contribution in [3.8, 4) is 0 Å². The number of carbonyl (C=O) groups is 2. The van der Waals surface area contributed by atoms with Crippen molar-refractivity contribution in [1.29, 1.82) is 0 Å². The van der Waals surface area contributed by atoms with E-state index in [1.807, 2.05) is 65.6 Å². The molecule has 1 saturated heterocycles. The monoisotopic (exact) mass is 481 g/mol. The van der Waals surface area contributed by atoms with Crippen LogP contribution in [0.25, 0.3) is 0 Å². The van der Waals surface area contributed by atoms with Crippen molar-refractivity contribution in [2.24, 2.45) is 0 Å². The van der Waals surface area contributed by atoms with Crippen LogP contribution < -0.4 is 5.32 Å². The number of nitrogens with one attached hydrogen (secondary N) is 1. The van der Waals surface area contributed by atoms with Gasteiger partial charge in [0.15, 0.2) is 0 Å². The number of amides is 2. The highest BCUT2D eigenvalue weighted by atomic mass is 19.4. The molecule has 35 heavy (non-hydrogen) atoms. The van der Waals surface area contributed by atoms with Crippen LogP contribution in [0.5, 0.6) is 0 Å². The molecule has 1 aliphatic heterocycles. The van der Waals surface area contributed by atoms with E-state index in [4.69, 9.17) is 0 Å². The summed E-state index contributed by atoms with van der Waals surface area (Å²) in [6.07, 6.45) is -4.51. The van der Waals surface area contributed by atoms with Gasteiger partial charge in [-0.05, 0) is 29.3 Å². The van der Waals surface area contributed by atoms with Crippen molar-refractivity contribution in [1.82, 2.24) is 15.1 Å². The molecule has 0 saturated carbocycles. The van der Waals surface area contributed by atoms with Gasteiger partial charge < -0.3 is 10.2 Å². The lowest BCUT2D eigenvalue weighted by Gasteiger charge is -2.39. The van der Waals surface area contributed by atoms with E-state index in [9.17, 15) is 22.8 Å². The standard InChI is InChI=1S/C27H26F3N3O2/c28-27(29,30)23-13-7-12-22(18-23)26(35)33-16-14-32(15-17-33)24(21-10-5-2-6-11-21)25(34)31-19-20-8-3-1-4-9-20/h1-13,18,24H,14-17,19H2,(H,31,34)/t24-/m1/s1. The molecule has 3 aromatic rings. The number of carbonyl (C=O) groups excluding carboxylic acids is 2. The van der Waals surface area contributed by atoms with E-state index in [0.717, 1.165) is 23.3 Å². The lowest BCUT2D eigenvalue weighted by molar-refractivity contribution is -0.137. The number of rotatable bonds is 6. The minimum absolute atomic E-state index is 0.00786. The Hall–Kier alpha value is -3.65. The van der Waals surface area contributed by atoms with Gasteiger partial charge in [0.2, 0.25) is 5.91 Å². The molecule has 1 heterocycles. The predicted molar refractivity (Wildman–Crippen MR) is 126 cm³/mol. The molecule has 5 nitrogen and oxygen atoms in total. The minimum atomic E-state index is -4.51. The zero-order valence-electron chi connectivity index (χ0n) is 19.0. The summed E-state index contributed by atoms with van der Waals surface area (Å²) in [5.74, 6) is -0.585. The van der Waals surface area contributed by atoms with Crippen LogP contribution >= 0.6 is 0 Å². The highest BCUT2D eigenvalue weighted by Crippen LogP contribution is 2.30. The summed E-state index contributed by atoms with van der Waals surface area (Å²) in [5.41, 5.74) is 0.995. The molecular weight excluding hydrogens is 455 g/mol. The number of hydrogen-bond acceptors (Lipinski definition) is 3. The average molecular weight is 482 g/mol. The van der Waals surface area contributed by atoms with Crippen molar-refractivity contribution in [2.45, 2.75) is 18.8 Å². The largest absolute Gasteiger partial charge is 0.416 e. The Morgan fingerprint density at radius 2 is 1.46 bits per heavy atom. The van der Waals surface area contributed by atoms with E-state index in [2.05, 4.69) is 5.32 Å². The van der Waals surface area contributed by atoms with Crippen LogP contribution in [0.2, 0.25) is 0 Å². The molecule has 0 aromatic heterocycles. The Morgan fingerprint density at radius 1 is 0.829 bits per heavy atom. The molecule has 8 heteroatoms. The molecule has 0 aliphatic carbocycles. The molecule has 182 valence electrons. The molecule has 1 atom stereocenters. The third kappa shape index (κ3) is 6.08. The molecule has 0 bridgehead atoms. The Bertz CT molecular complexity index is 1150. The second-order valence-electron chi connectivity index (χ2n) is 8.42. The summed E-state index contributed by atoms with van der Waals surface area (Å²) in [6.45, 7) is 1.86. The summed E-state index contributed by atoms with van der Waals surface area (Å²) in [5, 5.41) is 3.01. The molecule has 1 fully saturated rings. The summed E-state index contributed by atoms with van der Waals surface area (Å²) >= 11 is 0. The van der Waals surface area contributed by atoms with E-state index < -0.39 is 23.7 Å². The van der Waals surface area contributed by atoms with Crippen molar-refractivity contribution in [3.63, 3.8) is 0 Å². The van der Waals surface area contributed by atoms with Crippen LogP contribution in [0.3, 0.4) is 0 Å². The van der Waals surface area contributed by atoms with Crippen LogP contribution in [0, 0.1) is 0 Å². The van der Waals surface area contributed by atoms with E-state index in [1.165, 1.54) is 17.0 Å². The predicted octanol–water partition coefficient (Wildman–Crippen LogP) is 4.52. The van der Waals surface area contributed by atoms with Gasteiger partial charge in [-0.1, -0.05) is 66.7 Å². The Morgan fingerprint density at radius 3 is 2.09 bits per heavy atom. The smallest absolute Gasteiger partial charge is 0.350 e.